The molecule has 0 bridgehead atoms. The minimum absolute atomic E-state index is 0. The predicted octanol–water partition coefficient (Wildman–Crippen LogP) is 15.5. The number of carbonyl (C=O) groups is 7. The van der Waals surface area contributed by atoms with Crippen LogP contribution in [0, 0.1) is 20.8 Å². The zero-order valence-corrected chi connectivity index (χ0v) is 72.4. The third-order valence-electron chi connectivity index (χ3n) is 21.2. The Morgan fingerprint density at radius 3 is 0.884 bits per heavy atom. The van der Waals surface area contributed by atoms with Crippen LogP contribution < -0.4 is 48.2 Å². The van der Waals surface area contributed by atoms with Crippen LogP contribution in [0.2, 0.25) is 0 Å². The number of benzene rings is 8. The van der Waals surface area contributed by atoms with E-state index < -0.39 is 29.5 Å². The highest BCUT2D eigenvalue weighted by atomic mass is 16.6. The lowest BCUT2D eigenvalue weighted by molar-refractivity contribution is 0.0134. The summed E-state index contributed by atoms with van der Waals surface area (Å²) in [5, 5.41) is 8.75. The van der Waals surface area contributed by atoms with E-state index in [9.17, 15) is 47.9 Å². The van der Waals surface area contributed by atoms with Crippen LogP contribution in [0.1, 0.15) is 139 Å². The number of nitrogens with one attached hydrogen (secondary N) is 3. The number of aromatic nitrogens is 6. The second-order valence-electron chi connectivity index (χ2n) is 32.5. The molecule has 0 atom stereocenters. The largest absolute Gasteiger partial charge is 0.444 e. The van der Waals surface area contributed by atoms with E-state index in [2.05, 4.69) is 16.0 Å². The average molecular weight is 1760 g/mol. The maximum absolute atomic E-state index is 14.5. The van der Waals surface area contributed by atoms with E-state index in [0.717, 1.165) is 39.2 Å². The third kappa shape index (κ3) is 25.1. The monoisotopic (exact) mass is 1760 g/mol. The fourth-order valence-electron chi connectivity index (χ4n) is 15.1. The van der Waals surface area contributed by atoms with Crippen molar-refractivity contribution in [3.05, 3.63) is 290 Å². The summed E-state index contributed by atoms with van der Waals surface area (Å²) < 4.78 is 31.2. The molecule has 11 aromatic rings. The average Bonchev–Trinajstić information content (AvgIpc) is 1.61. The number of carbonyl (C=O) groups excluding carboxylic acids is 7. The SMILES string of the molecule is C.C.C.C.Cc1ccccc1-n1c(-c2ccccc2)c(C(=O)N2CCN(C(=O)OC(C)(C)C)CC2)n(CCCN)c1=O.Cc1ccccc1-n1c(-c2ccccc2)c(C(=O)N2CCN(C(=O)OC(C)(C)C)CC2)n(CCCNC(=O)Oc2ccccc2)c1=O.Cc1ccccc1-n1c(-c2ccccc2)c(C(=O)N2CCNCC2)n(CCCNC(=O)Oc2ccccc2)c1=O. The van der Waals surface area contributed by atoms with Crippen molar-refractivity contribution in [3.8, 4) is 62.3 Å². The molecule has 8 aromatic carbocycles. The Morgan fingerprint density at radius 2 is 0.605 bits per heavy atom. The number of nitrogens with two attached hydrogens (primary N) is 1. The highest BCUT2D eigenvalue weighted by Gasteiger charge is 2.38. The van der Waals surface area contributed by atoms with Crippen LogP contribution in [0.4, 0.5) is 19.2 Å². The van der Waals surface area contributed by atoms with E-state index in [0.29, 0.717) is 149 Å². The number of piperazine rings is 3. The highest BCUT2D eigenvalue weighted by molar-refractivity contribution is 6.01. The lowest BCUT2D eigenvalue weighted by Crippen LogP contribution is -2.52. The Labute approximate surface area is 756 Å². The Morgan fingerprint density at radius 1 is 0.349 bits per heavy atom. The van der Waals surface area contributed by atoms with Crippen molar-refractivity contribution < 1.29 is 52.5 Å². The van der Waals surface area contributed by atoms with Gasteiger partial charge in [0.05, 0.1) is 34.1 Å². The number of aryl methyl sites for hydroxylation is 3. The first kappa shape index (κ1) is 101. The van der Waals surface area contributed by atoms with Crippen LogP contribution in [0.5, 0.6) is 11.5 Å². The molecule has 3 fully saturated rings. The van der Waals surface area contributed by atoms with Gasteiger partial charge in [-0.3, -0.25) is 41.8 Å². The van der Waals surface area contributed by atoms with E-state index >= 15 is 0 Å². The lowest BCUT2D eigenvalue weighted by Gasteiger charge is -2.35. The zero-order valence-electron chi connectivity index (χ0n) is 72.4. The summed E-state index contributed by atoms with van der Waals surface area (Å²) in [6.07, 6.45) is -0.641. The molecule has 6 heterocycles. The molecular formula is C100H127N15O14. The number of amides is 7. The normalized spacial score (nSPS) is 13.1. The number of imidazole rings is 3. The molecule has 686 valence electrons. The van der Waals surface area contributed by atoms with Crippen LogP contribution in [0.25, 0.3) is 50.8 Å². The Bertz CT molecular complexity index is 5750. The fourth-order valence-corrected chi connectivity index (χ4v) is 15.1. The van der Waals surface area contributed by atoms with Gasteiger partial charge in [0.15, 0.2) is 0 Å². The molecule has 3 saturated heterocycles. The van der Waals surface area contributed by atoms with E-state index in [-0.39, 0.29) is 116 Å². The predicted molar refractivity (Wildman–Crippen MR) is 508 cm³/mol. The Hall–Kier alpha value is -13.8. The molecule has 14 rings (SSSR count). The number of para-hydroxylation sites is 5. The molecule has 3 aliphatic rings. The fraction of sp³-hybridized carbons (Fsp3) is 0.360. The molecule has 0 spiro atoms. The summed E-state index contributed by atoms with van der Waals surface area (Å²) in [5.74, 6) is 0.135. The molecular weight excluding hydrogens is 1640 g/mol. The van der Waals surface area contributed by atoms with Crippen LogP contribution in [-0.2, 0) is 29.1 Å². The van der Waals surface area contributed by atoms with Crippen molar-refractivity contribution >= 4 is 42.1 Å². The van der Waals surface area contributed by atoms with Gasteiger partial charge in [-0.1, -0.05) is 212 Å². The minimum atomic E-state index is -0.629. The molecule has 0 aliphatic carbocycles. The molecule has 0 radical (unpaired) electrons. The summed E-state index contributed by atoms with van der Waals surface area (Å²) in [5.41, 5.74) is 13.3. The van der Waals surface area contributed by atoms with Crippen molar-refractivity contribution in [1.29, 1.82) is 0 Å². The van der Waals surface area contributed by atoms with Gasteiger partial charge in [0.1, 0.15) is 39.8 Å². The molecule has 29 heteroatoms. The maximum atomic E-state index is 14.5. The minimum Gasteiger partial charge on any atom is -0.444 e. The highest BCUT2D eigenvalue weighted by Crippen LogP contribution is 2.34. The number of hydrogen-bond acceptors (Lipinski definition) is 16. The van der Waals surface area contributed by atoms with Crippen molar-refractivity contribution in [1.82, 2.24) is 67.9 Å². The quantitative estimate of drug-likeness (QED) is 0.0458. The van der Waals surface area contributed by atoms with Crippen molar-refractivity contribution in [2.45, 2.75) is 142 Å². The Balaban J connectivity index is 0.000000237. The molecule has 0 saturated carbocycles. The molecule has 5 N–H and O–H groups in total. The summed E-state index contributed by atoms with van der Waals surface area (Å²) >= 11 is 0. The van der Waals surface area contributed by atoms with Gasteiger partial charge < -0.3 is 65.1 Å². The van der Waals surface area contributed by atoms with Crippen molar-refractivity contribution in [3.63, 3.8) is 0 Å². The number of ether oxygens (including phenoxy) is 4. The summed E-state index contributed by atoms with van der Waals surface area (Å²) in [4.78, 5) is 143. The smallest absolute Gasteiger partial charge is 0.412 e. The molecule has 3 aliphatic heterocycles. The van der Waals surface area contributed by atoms with Gasteiger partial charge in [-0.05, 0) is 147 Å². The summed E-state index contributed by atoms with van der Waals surface area (Å²) in [6, 6.07) is 68.9. The second kappa shape index (κ2) is 46.6. The molecule has 0 unspecified atom stereocenters. The van der Waals surface area contributed by atoms with Crippen LogP contribution >= 0.6 is 0 Å². The topological polar surface area (TPSA) is 316 Å². The van der Waals surface area contributed by atoms with E-state index in [1.807, 2.05) is 238 Å². The van der Waals surface area contributed by atoms with Gasteiger partial charge in [0.25, 0.3) is 17.7 Å². The standard InChI is InChI=1S/C36H41N5O6.C31H33N5O4.C29H37N5O4.4CH4/c1-26-14-11-12-19-29(26)41-30(27-15-7-5-8-16-27)31(32(42)38-22-24-39(25-23-38)35(45)47-36(2,3)4)40(34(41)44)21-13-20-37-33(43)46-28-17-9-6-10-18-28;1-23-11-8-9-16-26(23)36-27(24-12-4-2-5-13-24)28(29(37)34-21-18-32-19-22-34)35(31(36)39)20-10-17-33-30(38)40-25-14-6-3-7-15-25;1-21-11-8-9-14-23(21)34-24(22-12-6-5-7-13-22)25(33(27(34)36)16-10-15-30)26(35)31-17-19-32(20-18-31)28(37)38-29(2,3)4;;;;/h5-12,14-19H,13,20-25H2,1-4H3,(H,37,43);2-9,11-16,32H,10,17-22H2,1H3,(H,33,38);5-9,11-14H,10,15-20,30H2,1-4H3;4*1H4. The molecule has 29 nitrogen and oxygen atoms in total. The first-order valence-electron chi connectivity index (χ1n) is 42.4. The second-order valence-corrected chi connectivity index (χ2v) is 32.5. The zero-order chi connectivity index (χ0) is 88.9. The van der Waals surface area contributed by atoms with Crippen LogP contribution in [-0.4, -0.2) is 203 Å². The van der Waals surface area contributed by atoms with Gasteiger partial charge in [-0.2, -0.15) is 0 Å². The maximum Gasteiger partial charge on any atom is 0.412 e. The van der Waals surface area contributed by atoms with Gasteiger partial charge >= 0.3 is 41.4 Å². The first-order valence-corrected chi connectivity index (χ1v) is 42.4. The van der Waals surface area contributed by atoms with Gasteiger partial charge in [0.2, 0.25) is 0 Å². The van der Waals surface area contributed by atoms with Crippen molar-refractivity contribution in [2.75, 3.05) is 98.2 Å². The Kier molecular flexibility index (Phi) is 36.3. The first-order chi connectivity index (χ1) is 60.2. The number of hydrogen-bond donors (Lipinski definition) is 4. The number of rotatable bonds is 22. The van der Waals surface area contributed by atoms with E-state index in [1.165, 1.54) is 4.57 Å². The van der Waals surface area contributed by atoms with Crippen LogP contribution in [0.3, 0.4) is 0 Å². The number of nitrogens with zero attached hydrogens (tertiary/aromatic N) is 11. The van der Waals surface area contributed by atoms with Crippen LogP contribution in [0.15, 0.2) is 239 Å². The van der Waals surface area contributed by atoms with Gasteiger partial charge in [0, 0.05) is 128 Å². The van der Waals surface area contributed by atoms with E-state index in [4.69, 9.17) is 24.7 Å². The third-order valence-corrected chi connectivity index (χ3v) is 21.2. The van der Waals surface area contributed by atoms with Gasteiger partial charge in [-0.25, -0.2) is 33.6 Å². The molecule has 129 heavy (non-hydrogen) atoms. The van der Waals surface area contributed by atoms with E-state index in [1.54, 1.807) is 95.9 Å². The molecule has 7 amide bonds. The molecule has 3 aromatic heterocycles. The van der Waals surface area contributed by atoms with Crippen molar-refractivity contribution in [2.24, 2.45) is 5.73 Å². The van der Waals surface area contributed by atoms with Gasteiger partial charge in [-0.15, -0.1) is 0 Å². The summed E-state index contributed by atoms with van der Waals surface area (Å²) in [6.45, 7) is 23.5. The summed E-state index contributed by atoms with van der Waals surface area (Å²) in [7, 11) is 0. The lowest BCUT2D eigenvalue weighted by atomic mass is 10.1.